The zero-order valence-electron chi connectivity index (χ0n) is 13.5. The predicted molar refractivity (Wildman–Crippen MR) is 84.5 cm³/mol. The van der Waals surface area contributed by atoms with E-state index in [4.69, 9.17) is 4.74 Å². The molecule has 1 heterocycles. The Labute approximate surface area is 135 Å². The number of nitrogens with one attached hydrogen (secondary N) is 1. The van der Waals surface area contributed by atoms with Gasteiger partial charge < -0.3 is 15.0 Å². The molecule has 1 fully saturated rings. The molecule has 1 atom stereocenters. The first-order valence-electron chi connectivity index (χ1n) is 7.90. The lowest BCUT2D eigenvalue weighted by atomic mass is 10.0. The zero-order chi connectivity index (χ0) is 16.8. The van der Waals surface area contributed by atoms with E-state index in [1.54, 1.807) is 4.90 Å². The van der Waals surface area contributed by atoms with Crippen LogP contribution in [0.25, 0.3) is 0 Å². The number of amides is 2. The van der Waals surface area contributed by atoms with Crippen LogP contribution in [0.2, 0.25) is 0 Å². The third-order valence-corrected chi connectivity index (χ3v) is 3.74. The Hall–Kier alpha value is -1.95. The maximum Gasteiger partial charge on any atom is 0.251 e. The fourth-order valence-corrected chi connectivity index (χ4v) is 2.54. The highest BCUT2D eigenvalue weighted by atomic mass is 19.1. The molecule has 1 aliphatic rings. The predicted octanol–water partition coefficient (Wildman–Crippen LogP) is 1.83. The standard InChI is InChI=1S/C17H23FN2O3/c1-12(2)11-15(17(22)20-7-9-23-10-8-20)19-16(21)13-3-5-14(18)6-4-13/h3-6,12,15H,7-11H2,1-2H3,(H,19,21)/t15-/m0/s1. The van der Waals surface area contributed by atoms with E-state index < -0.39 is 11.9 Å². The SMILES string of the molecule is CC(C)C[C@H](NC(=O)c1ccc(F)cc1)C(=O)N1CCOCC1. The van der Waals surface area contributed by atoms with Crippen LogP contribution in [-0.4, -0.2) is 49.1 Å². The van der Waals surface area contributed by atoms with Gasteiger partial charge in [-0.05, 0) is 36.6 Å². The summed E-state index contributed by atoms with van der Waals surface area (Å²) in [6.07, 6.45) is 0.559. The zero-order valence-corrected chi connectivity index (χ0v) is 13.5. The van der Waals surface area contributed by atoms with Crippen molar-refractivity contribution in [3.05, 3.63) is 35.6 Å². The Kier molecular flexibility index (Phi) is 6.10. The van der Waals surface area contributed by atoms with Crippen molar-refractivity contribution in [3.8, 4) is 0 Å². The van der Waals surface area contributed by atoms with Crippen molar-refractivity contribution in [1.82, 2.24) is 10.2 Å². The summed E-state index contributed by atoms with van der Waals surface area (Å²) in [6.45, 7) is 6.13. The van der Waals surface area contributed by atoms with E-state index in [-0.39, 0.29) is 17.7 Å². The minimum atomic E-state index is -0.578. The lowest BCUT2D eigenvalue weighted by Gasteiger charge is -2.31. The quantitative estimate of drug-likeness (QED) is 0.900. The van der Waals surface area contributed by atoms with Gasteiger partial charge in [-0.2, -0.15) is 0 Å². The number of ether oxygens (including phenoxy) is 1. The first-order valence-corrected chi connectivity index (χ1v) is 7.90. The summed E-state index contributed by atoms with van der Waals surface area (Å²) in [4.78, 5) is 26.7. The van der Waals surface area contributed by atoms with E-state index >= 15 is 0 Å². The van der Waals surface area contributed by atoms with Crippen LogP contribution in [0, 0.1) is 11.7 Å². The van der Waals surface area contributed by atoms with Crippen LogP contribution in [0.3, 0.4) is 0 Å². The maximum absolute atomic E-state index is 13.0. The molecule has 1 aromatic carbocycles. The van der Waals surface area contributed by atoms with Crippen LogP contribution in [0.1, 0.15) is 30.6 Å². The van der Waals surface area contributed by atoms with Crippen molar-refractivity contribution >= 4 is 11.8 Å². The molecule has 1 aliphatic heterocycles. The summed E-state index contributed by atoms with van der Waals surface area (Å²) in [5.41, 5.74) is 0.343. The van der Waals surface area contributed by atoms with Gasteiger partial charge in [-0.1, -0.05) is 13.8 Å². The summed E-state index contributed by atoms with van der Waals surface area (Å²) in [5, 5.41) is 2.79. The third-order valence-electron chi connectivity index (χ3n) is 3.74. The molecule has 5 nitrogen and oxygen atoms in total. The van der Waals surface area contributed by atoms with Crippen molar-refractivity contribution in [2.45, 2.75) is 26.3 Å². The van der Waals surface area contributed by atoms with Crippen molar-refractivity contribution in [2.75, 3.05) is 26.3 Å². The molecule has 0 saturated carbocycles. The molecule has 0 aliphatic carbocycles. The van der Waals surface area contributed by atoms with Crippen molar-refractivity contribution in [1.29, 1.82) is 0 Å². The highest BCUT2D eigenvalue weighted by Gasteiger charge is 2.28. The van der Waals surface area contributed by atoms with Gasteiger partial charge in [-0.3, -0.25) is 9.59 Å². The number of carbonyl (C=O) groups excluding carboxylic acids is 2. The lowest BCUT2D eigenvalue weighted by Crippen LogP contribution is -2.52. The average Bonchev–Trinajstić information content (AvgIpc) is 2.54. The number of rotatable bonds is 5. The second-order valence-electron chi connectivity index (χ2n) is 6.10. The monoisotopic (exact) mass is 322 g/mol. The minimum Gasteiger partial charge on any atom is -0.378 e. The van der Waals surface area contributed by atoms with E-state index in [0.29, 0.717) is 38.3 Å². The Morgan fingerprint density at radius 2 is 1.83 bits per heavy atom. The van der Waals surface area contributed by atoms with Gasteiger partial charge in [0.1, 0.15) is 11.9 Å². The summed E-state index contributed by atoms with van der Waals surface area (Å²) in [6, 6.07) is 4.71. The fourth-order valence-electron chi connectivity index (χ4n) is 2.54. The normalized spacial score (nSPS) is 16.3. The van der Waals surface area contributed by atoms with Crippen molar-refractivity contribution in [3.63, 3.8) is 0 Å². The number of benzene rings is 1. The van der Waals surface area contributed by atoms with Crippen LogP contribution in [-0.2, 0) is 9.53 Å². The summed E-state index contributed by atoms with van der Waals surface area (Å²) >= 11 is 0. The molecule has 2 amide bonds. The Bertz CT molecular complexity index is 539. The number of hydrogen-bond acceptors (Lipinski definition) is 3. The second-order valence-corrected chi connectivity index (χ2v) is 6.10. The number of halogens is 1. The second kappa shape index (κ2) is 8.06. The summed E-state index contributed by atoms with van der Waals surface area (Å²) in [7, 11) is 0. The van der Waals surface area contributed by atoms with Gasteiger partial charge in [0.05, 0.1) is 13.2 Å². The molecule has 23 heavy (non-hydrogen) atoms. The van der Waals surface area contributed by atoms with Crippen LogP contribution in [0.5, 0.6) is 0 Å². The van der Waals surface area contributed by atoms with E-state index in [0.717, 1.165) is 0 Å². The molecule has 2 rings (SSSR count). The molecule has 1 N–H and O–H groups in total. The van der Waals surface area contributed by atoms with Crippen LogP contribution in [0.4, 0.5) is 4.39 Å². The largest absolute Gasteiger partial charge is 0.378 e. The number of morpholine rings is 1. The van der Waals surface area contributed by atoms with E-state index in [9.17, 15) is 14.0 Å². The Balaban J connectivity index is 2.06. The Morgan fingerprint density at radius 3 is 2.39 bits per heavy atom. The number of nitrogens with zero attached hydrogens (tertiary/aromatic N) is 1. The molecular weight excluding hydrogens is 299 g/mol. The Morgan fingerprint density at radius 1 is 1.22 bits per heavy atom. The number of hydrogen-bond donors (Lipinski definition) is 1. The summed E-state index contributed by atoms with van der Waals surface area (Å²) in [5.74, 6) is -0.585. The molecule has 0 unspecified atom stereocenters. The van der Waals surface area contributed by atoms with Gasteiger partial charge in [0.25, 0.3) is 5.91 Å². The highest BCUT2D eigenvalue weighted by molar-refractivity contribution is 5.97. The molecule has 0 aromatic heterocycles. The molecule has 0 spiro atoms. The van der Waals surface area contributed by atoms with E-state index in [1.165, 1.54) is 24.3 Å². The summed E-state index contributed by atoms with van der Waals surface area (Å²) < 4.78 is 18.2. The van der Waals surface area contributed by atoms with Crippen LogP contribution >= 0.6 is 0 Å². The van der Waals surface area contributed by atoms with Crippen LogP contribution in [0.15, 0.2) is 24.3 Å². The molecule has 126 valence electrons. The average molecular weight is 322 g/mol. The topological polar surface area (TPSA) is 58.6 Å². The van der Waals surface area contributed by atoms with Crippen molar-refractivity contribution in [2.24, 2.45) is 5.92 Å². The highest BCUT2D eigenvalue weighted by Crippen LogP contribution is 2.11. The fraction of sp³-hybridized carbons (Fsp3) is 0.529. The third kappa shape index (κ3) is 5.03. The molecule has 1 aromatic rings. The van der Waals surface area contributed by atoms with Crippen molar-refractivity contribution < 1.29 is 18.7 Å². The molecule has 0 bridgehead atoms. The molecule has 0 radical (unpaired) electrons. The first-order chi connectivity index (χ1) is 11.0. The minimum absolute atomic E-state index is 0.0857. The van der Waals surface area contributed by atoms with Gasteiger partial charge in [0.2, 0.25) is 5.91 Å². The number of carbonyl (C=O) groups is 2. The van der Waals surface area contributed by atoms with Gasteiger partial charge >= 0.3 is 0 Å². The lowest BCUT2D eigenvalue weighted by molar-refractivity contribution is -0.137. The molecule has 6 heteroatoms. The van der Waals surface area contributed by atoms with Gasteiger partial charge in [0, 0.05) is 18.7 Å². The van der Waals surface area contributed by atoms with Gasteiger partial charge in [0.15, 0.2) is 0 Å². The van der Waals surface area contributed by atoms with Gasteiger partial charge in [-0.15, -0.1) is 0 Å². The first kappa shape index (κ1) is 17.4. The van der Waals surface area contributed by atoms with Gasteiger partial charge in [-0.25, -0.2) is 4.39 Å². The van der Waals surface area contributed by atoms with E-state index in [1.807, 2.05) is 13.8 Å². The molecular formula is C17H23FN2O3. The molecule has 1 saturated heterocycles. The smallest absolute Gasteiger partial charge is 0.251 e. The van der Waals surface area contributed by atoms with Crippen LogP contribution < -0.4 is 5.32 Å². The maximum atomic E-state index is 13.0. The van der Waals surface area contributed by atoms with E-state index in [2.05, 4.69) is 5.32 Å².